The largest absolute Gasteiger partial charge is 0.375 e. The molecule has 0 amide bonds. The first-order valence-electron chi connectivity index (χ1n) is 7.52. The Labute approximate surface area is 128 Å². The van der Waals surface area contributed by atoms with Crippen LogP contribution in [0.4, 0.5) is 8.78 Å². The zero-order chi connectivity index (χ0) is 14.9. The smallest absolute Gasteiger partial charge is 0.128 e. The van der Waals surface area contributed by atoms with E-state index in [-0.39, 0.29) is 11.5 Å². The van der Waals surface area contributed by atoms with Crippen LogP contribution >= 0.6 is 11.8 Å². The van der Waals surface area contributed by atoms with E-state index in [1.807, 2.05) is 11.8 Å². The third kappa shape index (κ3) is 3.25. The van der Waals surface area contributed by atoms with Crippen LogP contribution in [0.15, 0.2) is 18.2 Å². The maximum absolute atomic E-state index is 13.9. The molecule has 2 saturated heterocycles. The molecular weight excluding hydrogens is 292 g/mol. The number of hydrogen-bond acceptors (Lipinski definition) is 3. The summed E-state index contributed by atoms with van der Waals surface area (Å²) < 4.78 is 33.3. The SMILES string of the molecule is NC(c1cc(F)ccc1F)C1CCOC2(CCSCC2)C1. The fourth-order valence-electron chi connectivity index (χ4n) is 3.49. The van der Waals surface area contributed by atoms with Crippen LogP contribution in [-0.2, 0) is 4.74 Å². The van der Waals surface area contributed by atoms with Crippen molar-refractivity contribution in [2.45, 2.75) is 37.3 Å². The molecule has 3 rings (SSSR count). The Morgan fingerprint density at radius 2 is 2.05 bits per heavy atom. The topological polar surface area (TPSA) is 35.2 Å². The van der Waals surface area contributed by atoms with E-state index in [0.29, 0.717) is 12.2 Å². The highest BCUT2D eigenvalue weighted by Crippen LogP contribution is 2.43. The van der Waals surface area contributed by atoms with E-state index in [4.69, 9.17) is 10.5 Å². The van der Waals surface area contributed by atoms with Gasteiger partial charge in [0.15, 0.2) is 0 Å². The van der Waals surface area contributed by atoms with Gasteiger partial charge in [-0.05, 0) is 61.3 Å². The second-order valence-corrected chi connectivity index (χ2v) is 7.31. The highest BCUT2D eigenvalue weighted by atomic mass is 32.2. The number of hydrogen-bond donors (Lipinski definition) is 1. The van der Waals surface area contributed by atoms with Crippen molar-refractivity contribution in [2.75, 3.05) is 18.1 Å². The van der Waals surface area contributed by atoms with Gasteiger partial charge in [0.25, 0.3) is 0 Å². The molecule has 0 saturated carbocycles. The van der Waals surface area contributed by atoms with Crippen LogP contribution < -0.4 is 5.73 Å². The van der Waals surface area contributed by atoms with E-state index in [1.165, 1.54) is 6.07 Å². The van der Waals surface area contributed by atoms with E-state index in [1.54, 1.807) is 0 Å². The summed E-state index contributed by atoms with van der Waals surface area (Å²) in [5.41, 5.74) is 6.47. The monoisotopic (exact) mass is 313 g/mol. The first-order valence-corrected chi connectivity index (χ1v) is 8.67. The van der Waals surface area contributed by atoms with Crippen LogP contribution in [0, 0.1) is 17.6 Å². The number of thioether (sulfide) groups is 1. The van der Waals surface area contributed by atoms with Crippen LogP contribution in [0.25, 0.3) is 0 Å². The molecule has 2 N–H and O–H groups in total. The average molecular weight is 313 g/mol. The lowest BCUT2D eigenvalue weighted by molar-refractivity contribution is -0.106. The lowest BCUT2D eigenvalue weighted by Gasteiger charge is -2.44. The van der Waals surface area contributed by atoms with Crippen LogP contribution in [0.3, 0.4) is 0 Å². The summed E-state index contributed by atoms with van der Waals surface area (Å²) in [6, 6.07) is 3.07. The Balaban J connectivity index is 1.77. The van der Waals surface area contributed by atoms with Gasteiger partial charge >= 0.3 is 0 Å². The predicted octanol–water partition coefficient (Wildman–Crippen LogP) is 3.66. The molecule has 2 heterocycles. The minimum atomic E-state index is -0.462. The van der Waals surface area contributed by atoms with Crippen LogP contribution in [-0.4, -0.2) is 23.7 Å². The Kier molecular flexibility index (Phi) is 4.52. The third-order valence-electron chi connectivity index (χ3n) is 4.76. The van der Waals surface area contributed by atoms with E-state index in [9.17, 15) is 8.78 Å². The van der Waals surface area contributed by atoms with Gasteiger partial charge in [-0.15, -0.1) is 0 Å². The lowest BCUT2D eigenvalue weighted by atomic mass is 9.77. The van der Waals surface area contributed by atoms with Gasteiger partial charge < -0.3 is 10.5 Å². The average Bonchev–Trinajstić information content (AvgIpc) is 2.50. The van der Waals surface area contributed by atoms with Gasteiger partial charge in [0.2, 0.25) is 0 Å². The van der Waals surface area contributed by atoms with Crippen molar-refractivity contribution in [1.29, 1.82) is 0 Å². The molecule has 2 aliphatic heterocycles. The third-order valence-corrected chi connectivity index (χ3v) is 5.75. The van der Waals surface area contributed by atoms with Gasteiger partial charge in [0, 0.05) is 18.2 Å². The van der Waals surface area contributed by atoms with Crippen LogP contribution in [0.5, 0.6) is 0 Å². The lowest BCUT2D eigenvalue weighted by Crippen LogP contribution is -2.45. The quantitative estimate of drug-likeness (QED) is 0.905. The van der Waals surface area contributed by atoms with Crippen molar-refractivity contribution in [3.63, 3.8) is 0 Å². The summed E-state index contributed by atoms with van der Waals surface area (Å²) in [5, 5.41) is 0. The summed E-state index contributed by atoms with van der Waals surface area (Å²) in [6.45, 7) is 0.667. The van der Waals surface area contributed by atoms with E-state index < -0.39 is 17.7 Å². The summed E-state index contributed by atoms with van der Waals surface area (Å²) in [5.74, 6) is 1.52. The molecule has 1 spiro atoms. The normalized spacial score (nSPS) is 26.7. The van der Waals surface area contributed by atoms with E-state index in [0.717, 1.165) is 49.3 Å². The van der Waals surface area contributed by atoms with E-state index >= 15 is 0 Å². The number of rotatable bonds is 2. The van der Waals surface area contributed by atoms with Crippen LogP contribution in [0.2, 0.25) is 0 Å². The molecule has 1 aromatic carbocycles. The molecule has 2 nitrogen and oxygen atoms in total. The van der Waals surface area contributed by atoms with Gasteiger partial charge in [-0.25, -0.2) is 8.78 Å². The molecule has 2 aliphatic rings. The van der Waals surface area contributed by atoms with Gasteiger partial charge in [0.05, 0.1) is 5.60 Å². The first-order chi connectivity index (χ1) is 10.1. The number of ether oxygens (including phenoxy) is 1. The molecule has 2 atom stereocenters. The Morgan fingerprint density at radius 1 is 1.29 bits per heavy atom. The number of nitrogens with two attached hydrogens (primary N) is 1. The van der Waals surface area contributed by atoms with Crippen LogP contribution in [0.1, 0.15) is 37.3 Å². The van der Waals surface area contributed by atoms with Gasteiger partial charge in [-0.3, -0.25) is 0 Å². The van der Waals surface area contributed by atoms with Crippen molar-refractivity contribution >= 4 is 11.8 Å². The van der Waals surface area contributed by atoms with Crippen molar-refractivity contribution < 1.29 is 13.5 Å². The summed E-state index contributed by atoms with van der Waals surface area (Å²) >= 11 is 1.95. The molecule has 0 aromatic heterocycles. The zero-order valence-electron chi connectivity index (χ0n) is 12.0. The Hall–Kier alpha value is -0.650. The Morgan fingerprint density at radius 3 is 2.81 bits per heavy atom. The minimum Gasteiger partial charge on any atom is -0.375 e. The molecule has 2 fully saturated rings. The summed E-state index contributed by atoms with van der Waals surface area (Å²) in [6.07, 6.45) is 3.73. The molecule has 5 heteroatoms. The molecule has 0 bridgehead atoms. The maximum Gasteiger partial charge on any atom is 0.128 e. The molecular formula is C16H21F2NOS. The molecule has 1 aromatic rings. The second-order valence-electron chi connectivity index (χ2n) is 6.09. The number of benzene rings is 1. The van der Waals surface area contributed by atoms with Gasteiger partial charge in [-0.1, -0.05) is 0 Å². The van der Waals surface area contributed by atoms with Crippen molar-refractivity contribution in [1.82, 2.24) is 0 Å². The maximum atomic E-state index is 13.9. The predicted molar refractivity (Wildman–Crippen MR) is 81.3 cm³/mol. The molecule has 2 unspecified atom stereocenters. The Bertz CT molecular complexity index is 500. The standard InChI is InChI=1S/C16H21F2NOS/c17-12-1-2-14(18)13(9-12)15(19)11-3-6-20-16(10-11)4-7-21-8-5-16/h1-2,9,11,15H,3-8,10,19H2. The molecule has 116 valence electrons. The van der Waals surface area contributed by atoms with Gasteiger partial charge in [0.1, 0.15) is 11.6 Å². The summed E-state index contributed by atoms with van der Waals surface area (Å²) in [7, 11) is 0. The number of halogens is 2. The summed E-state index contributed by atoms with van der Waals surface area (Å²) in [4.78, 5) is 0. The fourth-order valence-corrected chi connectivity index (χ4v) is 4.72. The van der Waals surface area contributed by atoms with Gasteiger partial charge in [-0.2, -0.15) is 11.8 Å². The van der Waals surface area contributed by atoms with E-state index in [2.05, 4.69) is 0 Å². The minimum absolute atomic E-state index is 0.0877. The van der Waals surface area contributed by atoms with Crippen molar-refractivity contribution in [2.24, 2.45) is 11.7 Å². The molecule has 0 radical (unpaired) electrons. The molecule has 21 heavy (non-hydrogen) atoms. The zero-order valence-corrected chi connectivity index (χ0v) is 12.8. The fraction of sp³-hybridized carbons (Fsp3) is 0.625. The van der Waals surface area contributed by atoms with Crippen molar-refractivity contribution in [3.05, 3.63) is 35.4 Å². The molecule has 0 aliphatic carbocycles. The highest BCUT2D eigenvalue weighted by Gasteiger charge is 2.41. The highest BCUT2D eigenvalue weighted by molar-refractivity contribution is 7.99. The second kappa shape index (κ2) is 6.23. The first kappa shape index (κ1) is 15.3. The van der Waals surface area contributed by atoms with Crippen molar-refractivity contribution in [3.8, 4) is 0 Å².